The molecule has 2 nitrogen and oxygen atoms in total. The lowest BCUT2D eigenvalue weighted by Crippen LogP contribution is -2.16. The second-order valence-electron chi connectivity index (χ2n) is 4.62. The lowest BCUT2D eigenvalue weighted by atomic mass is 10.1. The molecule has 0 fully saturated rings. The van der Waals surface area contributed by atoms with Gasteiger partial charge in [-0.15, -0.1) is 0 Å². The van der Waals surface area contributed by atoms with E-state index in [4.69, 9.17) is 4.42 Å². The minimum atomic E-state index is -0.207. The maximum absolute atomic E-state index is 13.2. The van der Waals surface area contributed by atoms with Gasteiger partial charge in [0.2, 0.25) is 0 Å². The summed E-state index contributed by atoms with van der Waals surface area (Å²) in [6.07, 6.45) is 3.52. The molecule has 1 heterocycles. The highest BCUT2D eigenvalue weighted by Gasteiger charge is 2.06. The van der Waals surface area contributed by atoms with Crippen LogP contribution in [0.15, 0.2) is 41.0 Å². The molecule has 96 valence electrons. The van der Waals surface area contributed by atoms with E-state index in [1.54, 1.807) is 18.4 Å². The number of hydrogen-bond acceptors (Lipinski definition) is 2. The van der Waals surface area contributed by atoms with Crippen molar-refractivity contribution >= 4 is 5.69 Å². The van der Waals surface area contributed by atoms with Crippen molar-refractivity contribution in [1.29, 1.82) is 0 Å². The second-order valence-corrected chi connectivity index (χ2v) is 4.62. The number of aryl methyl sites for hydroxylation is 2. The van der Waals surface area contributed by atoms with E-state index in [2.05, 4.69) is 12.2 Å². The predicted molar refractivity (Wildman–Crippen MR) is 71.3 cm³/mol. The molecular formula is C15H18FNO. The maximum Gasteiger partial charge on any atom is 0.125 e. The largest absolute Gasteiger partial charge is 0.469 e. The number of rotatable bonds is 5. The SMILES string of the molecule is Cc1ccc(F)cc1NC(C)CCc1ccco1. The summed E-state index contributed by atoms with van der Waals surface area (Å²) in [5.74, 6) is 0.779. The Hall–Kier alpha value is -1.77. The van der Waals surface area contributed by atoms with Gasteiger partial charge in [0, 0.05) is 18.2 Å². The van der Waals surface area contributed by atoms with Gasteiger partial charge in [-0.25, -0.2) is 4.39 Å². The molecule has 0 saturated heterocycles. The third-order valence-corrected chi connectivity index (χ3v) is 3.01. The van der Waals surface area contributed by atoms with E-state index < -0.39 is 0 Å². The van der Waals surface area contributed by atoms with Gasteiger partial charge in [-0.1, -0.05) is 6.07 Å². The molecule has 18 heavy (non-hydrogen) atoms. The van der Waals surface area contributed by atoms with Crippen molar-refractivity contribution < 1.29 is 8.81 Å². The fourth-order valence-electron chi connectivity index (χ4n) is 1.90. The molecule has 0 bridgehead atoms. The molecule has 0 aliphatic carbocycles. The van der Waals surface area contributed by atoms with Crippen LogP contribution in [0.3, 0.4) is 0 Å². The van der Waals surface area contributed by atoms with Gasteiger partial charge in [0.15, 0.2) is 0 Å². The first kappa shape index (κ1) is 12.7. The zero-order chi connectivity index (χ0) is 13.0. The van der Waals surface area contributed by atoms with Crippen LogP contribution in [0.4, 0.5) is 10.1 Å². The van der Waals surface area contributed by atoms with Crippen molar-refractivity contribution in [1.82, 2.24) is 0 Å². The van der Waals surface area contributed by atoms with Gasteiger partial charge in [0.05, 0.1) is 6.26 Å². The Morgan fingerprint density at radius 2 is 2.17 bits per heavy atom. The fourth-order valence-corrected chi connectivity index (χ4v) is 1.90. The van der Waals surface area contributed by atoms with E-state index in [-0.39, 0.29) is 11.9 Å². The van der Waals surface area contributed by atoms with Crippen molar-refractivity contribution in [2.24, 2.45) is 0 Å². The van der Waals surface area contributed by atoms with Gasteiger partial charge < -0.3 is 9.73 Å². The van der Waals surface area contributed by atoms with Crippen LogP contribution in [0.2, 0.25) is 0 Å². The Morgan fingerprint density at radius 1 is 1.33 bits per heavy atom. The number of halogens is 1. The monoisotopic (exact) mass is 247 g/mol. The summed E-state index contributed by atoms with van der Waals surface area (Å²) < 4.78 is 18.4. The van der Waals surface area contributed by atoms with Crippen LogP contribution in [0.5, 0.6) is 0 Å². The summed E-state index contributed by atoms with van der Waals surface area (Å²) >= 11 is 0. The molecular weight excluding hydrogens is 229 g/mol. The molecule has 1 aromatic heterocycles. The van der Waals surface area contributed by atoms with Crippen LogP contribution < -0.4 is 5.32 Å². The Kier molecular flexibility index (Phi) is 4.03. The van der Waals surface area contributed by atoms with E-state index in [0.29, 0.717) is 0 Å². The molecule has 3 heteroatoms. The van der Waals surface area contributed by atoms with E-state index in [1.165, 1.54) is 6.07 Å². The van der Waals surface area contributed by atoms with E-state index in [9.17, 15) is 4.39 Å². The van der Waals surface area contributed by atoms with Crippen LogP contribution in [0.25, 0.3) is 0 Å². The third kappa shape index (κ3) is 3.36. The van der Waals surface area contributed by atoms with Gasteiger partial charge in [-0.2, -0.15) is 0 Å². The van der Waals surface area contributed by atoms with Crippen molar-refractivity contribution in [3.05, 3.63) is 53.7 Å². The van der Waals surface area contributed by atoms with Crippen LogP contribution in [0.1, 0.15) is 24.7 Å². The van der Waals surface area contributed by atoms with Crippen LogP contribution >= 0.6 is 0 Å². The van der Waals surface area contributed by atoms with Gasteiger partial charge in [-0.05, 0) is 50.1 Å². The van der Waals surface area contributed by atoms with Gasteiger partial charge in [0.25, 0.3) is 0 Å². The maximum atomic E-state index is 13.2. The van der Waals surface area contributed by atoms with E-state index in [1.807, 2.05) is 19.1 Å². The first-order valence-electron chi connectivity index (χ1n) is 6.20. The summed E-state index contributed by atoms with van der Waals surface area (Å²) in [4.78, 5) is 0. The van der Waals surface area contributed by atoms with Gasteiger partial charge >= 0.3 is 0 Å². The molecule has 0 aliphatic rings. The second kappa shape index (κ2) is 5.71. The normalized spacial score (nSPS) is 12.4. The standard InChI is InChI=1S/C15H18FNO/c1-11-5-7-13(16)10-15(11)17-12(2)6-8-14-4-3-9-18-14/h3-5,7,9-10,12,17H,6,8H2,1-2H3. The van der Waals surface area contributed by atoms with Crippen molar-refractivity contribution in [3.63, 3.8) is 0 Å². The lowest BCUT2D eigenvalue weighted by molar-refractivity contribution is 0.495. The summed E-state index contributed by atoms with van der Waals surface area (Å²) in [7, 11) is 0. The van der Waals surface area contributed by atoms with E-state index in [0.717, 1.165) is 29.9 Å². The highest BCUT2D eigenvalue weighted by molar-refractivity contribution is 5.51. The number of hydrogen-bond donors (Lipinski definition) is 1. The highest BCUT2D eigenvalue weighted by atomic mass is 19.1. The average Bonchev–Trinajstić information content (AvgIpc) is 2.84. The summed E-state index contributed by atoms with van der Waals surface area (Å²) in [6.45, 7) is 4.06. The number of benzene rings is 1. The summed E-state index contributed by atoms with van der Waals surface area (Å²) in [6, 6.07) is 8.95. The molecule has 0 saturated carbocycles. The Bertz CT molecular complexity index is 493. The quantitative estimate of drug-likeness (QED) is 0.858. The van der Waals surface area contributed by atoms with Crippen LogP contribution in [-0.2, 0) is 6.42 Å². The first-order valence-corrected chi connectivity index (χ1v) is 6.20. The molecule has 0 radical (unpaired) electrons. The third-order valence-electron chi connectivity index (χ3n) is 3.01. The molecule has 0 amide bonds. The van der Waals surface area contributed by atoms with Gasteiger partial charge in [0.1, 0.15) is 11.6 Å². The van der Waals surface area contributed by atoms with Crippen molar-refractivity contribution in [3.8, 4) is 0 Å². The molecule has 0 spiro atoms. The topological polar surface area (TPSA) is 25.2 Å². The summed E-state index contributed by atoms with van der Waals surface area (Å²) in [5.41, 5.74) is 1.92. The van der Waals surface area contributed by atoms with Crippen molar-refractivity contribution in [2.45, 2.75) is 32.7 Å². The van der Waals surface area contributed by atoms with Crippen LogP contribution in [0, 0.1) is 12.7 Å². The number of nitrogens with one attached hydrogen (secondary N) is 1. The Morgan fingerprint density at radius 3 is 2.89 bits per heavy atom. The van der Waals surface area contributed by atoms with E-state index >= 15 is 0 Å². The number of anilines is 1. The molecule has 2 rings (SSSR count). The number of furan rings is 1. The van der Waals surface area contributed by atoms with Crippen molar-refractivity contribution in [2.75, 3.05) is 5.32 Å². The highest BCUT2D eigenvalue weighted by Crippen LogP contribution is 2.18. The molecule has 2 aromatic rings. The molecule has 1 aromatic carbocycles. The predicted octanol–water partition coefficient (Wildman–Crippen LogP) is 4.16. The lowest BCUT2D eigenvalue weighted by Gasteiger charge is -2.16. The zero-order valence-electron chi connectivity index (χ0n) is 10.7. The molecule has 1 N–H and O–H groups in total. The minimum absolute atomic E-state index is 0.207. The minimum Gasteiger partial charge on any atom is -0.469 e. The molecule has 1 atom stereocenters. The molecule has 1 unspecified atom stereocenters. The van der Waals surface area contributed by atoms with Gasteiger partial charge in [-0.3, -0.25) is 0 Å². The first-order chi connectivity index (χ1) is 8.65. The zero-order valence-corrected chi connectivity index (χ0v) is 10.7. The Labute approximate surface area is 107 Å². The average molecular weight is 247 g/mol. The fraction of sp³-hybridized carbons (Fsp3) is 0.333. The molecule has 0 aliphatic heterocycles. The summed E-state index contributed by atoms with van der Waals surface area (Å²) in [5, 5.41) is 3.33. The Balaban J connectivity index is 1.90. The van der Waals surface area contributed by atoms with Crippen LogP contribution in [-0.4, -0.2) is 6.04 Å². The smallest absolute Gasteiger partial charge is 0.125 e.